The Hall–Kier alpha value is -1.93. The fourth-order valence-corrected chi connectivity index (χ4v) is 5.21. The molecule has 0 aromatic carbocycles. The van der Waals surface area contributed by atoms with Crippen molar-refractivity contribution in [1.29, 1.82) is 0 Å². The first-order valence-electron chi connectivity index (χ1n) is 7.76. The summed E-state index contributed by atoms with van der Waals surface area (Å²) in [6.07, 6.45) is 2.24. The lowest BCUT2D eigenvalue weighted by Crippen LogP contribution is -2.36. The van der Waals surface area contributed by atoms with Gasteiger partial charge in [-0.15, -0.1) is 11.3 Å². The summed E-state index contributed by atoms with van der Waals surface area (Å²) >= 11 is 1.38. The van der Waals surface area contributed by atoms with Crippen molar-refractivity contribution in [1.82, 2.24) is 4.98 Å². The highest BCUT2D eigenvalue weighted by Gasteiger charge is 2.32. The monoisotopic (exact) mass is 365 g/mol. The predicted octanol–water partition coefficient (Wildman–Crippen LogP) is 2.41. The minimum Gasteiger partial charge on any atom is -0.353 e. The molecule has 1 amide bonds. The fourth-order valence-electron chi connectivity index (χ4n) is 2.86. The molecule has 1 aliphatic heterocycles. The van der Waals surface area contributed by atoms with Gasteiger partial charge in [0, 0.05) is 12.6 Å². The Balaban J connectivity index is 1.70. The molecule has 1 unspecified atom stereocenters. The van der Waals surface area contributed by atoms with E-state index in [2.05, 4.69) is 10.3 Å². The van der Waals surface area contributed by atoms with E-state index in [9.17, 15) is 13.2 Å². The van der Waals surface area contributed by atoms with Crippen molar-refractivity contribution in [3.8, 4) is 0 Å². The second kappa shape index (κ2) is 6.90. The van der Waals surface area contributed by atoms with Crippen LogP contribution in [0.2, 0.25) is 0 Å². The van der Waals surface area contributed by atoms with Gasteiger partial charge in [-0.05, 0) is 36.9 Å². The van der Waals surface area contributed by atoms with Gasteiger partial charge >= 0.3 is 0 Å². The maximum Gasteiger partial charge on any atom is 0.265 e. The molecule has 6 nitrogen and oxygen atoms in total. The largest absolute Gasteiger partial charge is 0.353 e. The molecule has 3 rings (SSSR count). The van der Waals surface area contributed by atoms with Crippen LogP contribution in [0.1, 0.15) is 23.0 Å². The molecule has 1 fully saturated rings. The van der Waals surface area contributed by atoms with Gasteiger partial charge in [-0.2, -0.15) is 0 Å². The number of carbonyl (C=O) groups excluding carboxylic acids is 1. The van der Waals surface area contributed by atoms with Gasteiger partial charge in [0.25, 0.3) is 5.91 Å². The molecule has 128 valence electrons. The van der Waals surface area contributed by atoms with Crippen LogP contribution in [0.15, 0.2) is 35.8 Å². The Bertz CT molecular complexity index is 802. The lowest BCUT2D eigenvalue weighted by atomic mass is 10.2. The second-order valence-corrected chi connectivity index (χ2v) is 8.86. The normalized spacial score (nSPS) is 19.1. The molecule has 0 aliphatic carbocycles. The van der Waals surface area contributed by atoms with Crippen molar-refractivity contribution in [3.63, 3.8) is 0 Å². The molecular formula is C16H19N3O3S2. The van der Waals surface area contributed by atoms with Crippen molar-refractivity contribution in [2.24, 2.45) is 0 Å². The van der Waals surface area contributed by atoms with Crippen molar-refractivity contribution < 1.29 is 13.2 Å². The minimum absolute atomic E-state index is 0.0286. The molecule has 1 N–H and O–H groups in total. The van der Waals surface area contributed by atoms with Gasteiger partial charge in [0.1, 0.15) is 5.82 Å². The number of hydrogen-bond acceptors (Lipinski definition) is 6. The van der Waals surface area contributed by atoms with E-state index >= 15 is 0 Å². The SMILES string of the molecule is CCN(c1ccc(NC(=O)c2cccs2)cn1)C1CCS(=O)(=O)C1. The van der Waals surface area contributed by atoms with Crippen LogP contribution < -0.4 is 10.2 Å². The smallest absolute Gasteiger partial charge is 0.265 e. The average molecular weight is 365 g/mol. The fraction of sp³-hybridized carbons (Fsp3) is 0.375. The number of thiophene rings is 1. The van der Waals surface area contributed by atoms with Crippen LogP contribution >= 0.6 is 11.3 Å². The summed E-state index contributed by atoms with van der Waals surface area (Å²) in [5.41, 5.74) is 0.618. The van der Waals surface area contributed by atoms with Gasteiger partial charge in [0.2, 0.25) is 0 Å². The maximum absolute atomic E-state index is 12.0. The van der Waals surface area contributed by atoms with E-state index < -0.39 is 9.84 Å². The van der Waals surface area contributed by atoms with Crippen LogP contribution in [-0.2, 0) is 9.84 Å². The molecule has 1 aliphatic rings. The standard InChI is InChI=1S/C16H19N3O3S2/c1-2-19(13-7-9-24(21,22)11-13)15-6-5-12(10-17-15)18-16(20)14-4-3-8-23-14/h3-6,8,10,13H,2,7,9,11H2,1H3,(H,18,20). The van der Waals surface area contributed by atoms with Crippen molar-refractivity contribution in [2.75, 3.05) is 28.3 Å². The summed E-state index contributed by atoms with van der Waals surface area (Å²) in [6, 6.07) is 7.18. The van der Waals surface area contributed by atoms with Gasteiger partial charge in [0.15, 0.2) is 9.84 Å². The number of nitrogens with one attached hydrogen (secondary N) is 1. The Labute approximate surface area is 145 Å². The third-order valence-electron chi connectivity index (χ3n) is 4.03. The van der Waals surface area contributed by atoms with E-state index in [4.69, 9.17) is 0 Å². The molecular weight excluding hydrogens is 346 g/mol. The third-order valence-corrected chi connectivity index (χ3v) is 6.65. The summed E-state index contributed by atoms with van der Waals surface area (Å²) in [4.78, 5) is 19.1. The number of aromatic nitrogens is 1. The first-order chi connectivity index (χ1) is 11.5. The lowest BCUT2D eigenvalue weighted by Gasteiger charge is -2.28. The zero-order valence-electron chi connectivity index (χ0n) is 13.3. The second-order valence-electron chi connectivity index (χ2n) is 5.68. The number of rotatable bonds is 5. The molecule has 2 aromatic rings. The Morgan fingerprint density at radius 3 is 2.79 bits per heavy atom. The van der Waals surface area contributed by atoms with Crippen LogP contribution in [-0.4, -0.2) is 43.4 Å². The van der Waals surface area contributed by atoms with Crippen LogP contribution in [0, 0.1) is 0 Å². The zero-order valence-corrected chi connectivity index (χ0v) is 14.9. The summed E-state index contributed by atoms with van der Waals surface area (Å²) in [5.74, 6) is 0.991. The molecule has 3 heterocycles. The van der Waals surface area contributed by atoms with E-state index in [-0.39, 0.29) is 23.5 Å². The van der Waals surface area contributed by atoms with Crippen molar-refractivity contribution >= 4 is 38.6 Å². The molecule has 8 heteroatoms. The minimum atomic E-state index is -2.93. The molecule has 1 atom stereocenters. The average Bonchev–Trinajstić information content (AvgIpc) is 3.19. The van der Waals surface area contributed by atoms with Crippen LogP contribution in [0.25, 0.3) is 0 Å². The van der Waals surface area contributed by atoms with E-state index in [0.29, 0.717) is 23.5 Å². The van der Waals surface area contributed by atoms with Gasteiger partial charge in [-0.3, -0.25) is 4.79 Å². The number of hydrogen-bond donors (Lipinski definition) is 1. The van der Waals surface area contributed by atoms with E-state index in [1.807, 2.05) is 29.3 Å². The van der Waals surface area contributed by atoms with Crippen LogP contribution in [0.4, 0.5) is 11.5 Å². The van der Waals surface area contributed by atoms with E-state index in [1.54, 1.807) is 18.3 Å². The Kier molecular flexibility index (Phi) is 4.86. The Morgan fingerprint density at radius 2 is 2.25 bits per heavy atom. The summed E-state index contributed by atoms with van der Waals surface area (Å²) in [5, 5.41) is 4.66. The summed E-state index contributed by atoms with van der Waals surface area (Å²) in [7, 11) is -2.93. The topological polar surface area (TPSA) is 79.4 Å². The number of carbonyl (C=O) groups is 1. The predicted molar refractivity (Wildman–Crippen MR) is 96.6 cm³/mol. The molecule has 0 saturated carbocycles. The van der Waals surface area contributed by atoms with Gasteiger partial charge in [0.05, 0.1) is 28.3 Å². The van der Waals surface area contributed by atoms with Gasteiger partial charge in [-0.1, -0.05) is 6.07 Å². The van der Waals surface area contributed by atoms with E-state index in [0.717, 1.165) is 5.82 Å². The number of amides is 1. The van der Waals surface area contributed by atoms with E-state index in [1.165, 1.54) is 11.3 Å². The summed E-state index contributed by atoms with van der Waals surface area (Å²) < 4.78 is 23.4. The number of anilines is 2. The maximum atomic E-state index is 12.0. The highest BCUT2D eigenvalue weighted by Crippen LogP contribution is 2.23. The first kappa shape index (κ1) is 16.9. The molecule has 0 radical (unpaired) electrons. The van der Waals surface area contributed by atoms with Crippen LogP contribution in [0.5, 0.6) is 0 Å². The molecule has 1 saturated heterocycles. The lowest BCUT2D eigenvalue weighted by molar-refractivity contribution is 0.103. The molecule has 24 heavy (non-hydrogen) atoms. The quantitative estimate of drug-likeness (QED) is 0.880. The van der Waals surface area contributed by atoms with Crippen LogP contribution in [0.3, 0.4) is 0 Å². The first-order valence-corrected chi connectivity index (χ1v) is 10.5. The van der Waals surface area contributed by atoms with Crippen molar-refractivity contribution in [3.05, 3.63) is 40.7 Å². The number of nitrogens with zero attached hydrogens (tertiary/aromatic N) is 2. The third kappa shape index (κ3) is 3.76. The highest BCUT2D eigenvalue weighted by atomic mass is 32.2. The number of sulfone groups is 1. The van der Waals surface area contributed by atoms with Crippen molar-refractivity contribution in [2.45, 2.75) is 19.4 Å². The molecule has 0 spiro atoms. The molecule has 2 aromatic heterocycles. The molecule has 0 bridgehead atoms. The summed E-state index contributed by atoms with van der Waals surface area (Å²) in [6.45, 7) is 2.67. The Morgan fingerprint density at radius 1 is 1.42 bits per heavy atom. The number of pyridine rings is 1. The zero-order chi connectivity index (χ0) is 17.2. The van der Waals surface area contributed by atoms with Gasteiger partial charge in [-0.25, -0.2) is 13.4 Å². The highest BCUT2D eigenvalue weighted by molar-refractivity contribution is 7.91. The van der Waals surface area contributed by atoms with Gasteiger partial charge < -0.3 is 10.2 Å².